The molecule has 2 aliphatic heterocycles. The minimum atomic E-state index is -3.49. The van der Waals surface area contributed by atoms with Crippen LogP contribution in [0.25, 0.3) is 0 Å². The second-order valence-corrected chi connectivity index (χ2v) is 9.89. The van der Waals surface area contributed by atoms with E-state index in [0.717, 1.165) is 30.3 Å². The first-order valence-electron chi connectivity index (χ1n) is 8.73. The lowest BCUT2D eigenvalue weighted by atomic mass is 10.3. The number of carbonyl (C=O) groups is 1. The van der Waals surface area contributed by atoms with Gasteiger partial charge in [0.1, 0.15) is 4.32 Å². The molecule has 0 saturated carbocycles. The van der Waals surface area contributed by atoms with Crippen LogP contribution < -0.4 is 0 Å². The highest BCUT2D eigenvalue weighted by molar-refractivity contribution is 8.23. The Balaban J connectivity index is 1.48. The maximum absolute atomic E-state index is 12.6. The fraction of sp³-hybridized carbons (Fsp3) is 0.529. The standard InChI is InChI=1S/C17H23N3O3S3/c21-16(14-25-17(24)19-8-4-5-9-19)18-10-12-20(13-11-18)26(22,23)15-6-2-1-3-7-15/h1-3,6-7H,4-5,8-14H2. The predicted molar refractivity (Wildman–Crippen MR) is 108 cm³/mol. The zero-order valence-electron chi connectivity index (χ0n) is 14.5. The first-order valence-corrected chi connectivity index (χ1v) is 11.6. The number of hydrogen-bond donors (Lipinski definition) is 0. The zero-order chi connectivity index (χ0) is 18.6. The molecule has 2 fully saturated rings. The number of rotatable bonds is 4. The van der Waals surface area contributed by atoms with E-state index in [1.807, 2.05) is 0 Å². The van der Waals surface area contributed by atoms with Crippen LogP contribution in [0.2, 0.25) is 0 Å². The molecule has 1 aromatic rings. The monoisotopic (exact) mass is 413 g/mol. The van der Waals surface area contributed by atoms with Gasteiger partial charge in [-0.25, -0.2) is 8.42 Å². The van der Waals surface area contributed by atoms with Crippen molar-refractivity contribution in [3.63, 3.8) is 0 Å². The fourth-order valence-corrected chi connectivity index (χ4v) is 5.72. The molecule has 1 amide bonds. The summed E-state index contributed by atoms with van der Waals surface area (Å²) in [5, 5.41) is 0. The molecular weight excluding hydrogens is 390 g/mol. The van der Waals surface area contributed by atoms with Gasteiger partial charge in [-0.3, -0.25) is 4.79 Å². The van der Waals surface area contributed by atoms with Crippen LogP contribution in [0.15, 0.2) is 35.2 Å². The summed E-state index contributed by atoms with van der Waals surface area (Å²) in [5.41, 5.74) is 0. The molecule has 3 rings (SSSR count). The van der Waals surface area contributed by atoms with Crippen molar-refractivity contribution in [1.29, 1.82) is 0 Å². The van der Waals surface area contributed by atoms with E-state index >= 15 is 0 Å². The molecule has 2 saturated heterocycles. The Labute approximate surface area is 164 Å². The lowest BCUT2D eigenvalue weighted by Gasteiger charge is -2.34. The Morgan fingerprint density at radius 2 is 1.58 bits per heavy atom. The van der Waals surface area contributed by atoms with E-state index in [-0.39, 0.29) is 5.91 Å². The number of thiocarbonyl (C=S) groups is 1. The molecule has 2 aliphatic rings. The maximum atomic E-state index is 12.6. The molecule has 2 heterocycles. The highest BCUT2D eigenvalue weighted by Gasteiger charge is 2.30. The summed E-state index contributed by atoms with van der Waals surface area (Å²) >= 11 is 6.80. The molecular formula is C17H23N3O3S3. The molecule has 6 nitrogen and oxygen atoms in total. The minimum absolute atomic E-state index is 0.0216. The minimum Gasteiger partial charge on any atom is -0.358 e. The second-order valence-electron chi connectivity index (χ2n) is 6.35. The Morgan fingerprint density at radius 3 is 2.19 bits per heavy atom. The number of thioether (sulfide) groups is 1. The van der Waals surface area contributed by atoms with Gasteiger partial charge in [0.05, 0.1) is 10.6 Å². The van der Waals surface area contributed by atoms with Gasteiger partial charge in [-0.2, -0.15) is 4.31 Å². The molecule has 0 aromatic heterocycles. The number of hydrogen-bond acceptors (Lipinski definition) is 5. The molecule has 0 unspecified atom stereocenters. The summed E-state index contributed by atoms with van der Waals surface area (Å²) in [4.78, 5) is 16.6. The molecule has 0 bridgehead atoms. The third-order valence-electron chi connectivity index (χ3n) is 4.66. The van der Waals surface area contributed by atoms with Gasteiger partial charge in [-0.1, -0.05) is 42.2 Å². The van der Waals surface area contributed by atoms with Gasteiger partial charge in [0, 0.05) is 39.3 Å². The van der Waals surface area contributed by atoms with Crippen LogP contribution in [0, 0.1) is 0 Å². The van der Waals surface area contributed by atoms with Crippen molar-refractivity contribution >= 4 is 44.2 Å². The van der Waals surface area contributed by atoms with Crippen LogP contribution in [0.3, 0.4) is 0 Å². The summed E-state index contributed by atoms with van der Waals surface area (Å²) in [5.74, 6) is 0.342. The van der Waals surface area contributed by atoms with E-state index in [4.69, 9.17) is 12.2 Å². The molecule has 0 spiro atoms. The Morgan fingerprint density at radius 1 is 0.962 bits per heavy atom. The lowest BCUT2D eigenvalue weighted by molar-refractivity contribution is -0.129. The van der Waals surface area contributed by atoms with Gasteiger partial charge in [0.15, 0.2) is 0 Å². The number of amides is 1. The van der Waals surface area contributed by atoms with Gasteiger partial charge < -0.3 is 9.80 Å². The molecule has 0 radical (unpaired) electrons. The average molecular weight is 414 g/mol. The van der Waals surface area contributed by atoms with Crippen LogP contribution in [-0.2, 0) is 14.8 Å². The van der Waals surface area contributed by atoms with Gasteiger partial charge in [0.2, 0.25) is 15.9 Å². The van der Waals surface area contributed by atoms with Crippen LogP contribution in [0.4, 0.5) is 0 Å². The number of carbonyl (C=O) groups excluding carboxylic acids is 1. The summed E-state index contributed by atoms with van der Waals surface area (Å²) in [6.07, 6.45) is 2.32. The van der Waals surface area contributed by atoms with Crippen molar-refractivity contribution in [3.8, 4) is 0 Å². The van der Waals surface area contributed by atoms with Crippen LogP contribution in [0.1, 0.15) is 12.8 Å². The van der Waals surface area contributed by atoms with Crippen molar-refractivity contribution in [2.75, 3.05) is 45.0 Å². The highest BCUT2D eigenvalue weighted by atomic mass is 32.2. The molecule has 26 heavy (non-hydrogen) atoms. The van der Waals surface area contributed by atoms with E-state index in [9.17, 15) is 13.2 Å². The van der Waals surface area contributed by atoms with E-state index in [1.165, 1.54) is 16.1 Å². The Hall–Kier alpha value is -1.16. The van der Waals surface area contributed by atoms with Gasteiger partial charge >= 0.3 is 0 Å². The van der Waals surface area contributed by atoms with E-state index < -0.39 is 10.0 Å². The first kappa shape index (κ1) is 19.6. The number of nitrogens with zero attached hydrogens (tertiary/aromatic N) is 3. The molecule has 0 aliphatic carbocycles. The van der Waals surface area contributed by atoms with Crippen molar-refractivity contribution in [1.82, 2.24) is 14.1 Å². The quantitative estimate of drug-likeness (QED) is 0.700. The second kappa shape index (κ2) is 8.69. The van der Waals surface area contributed by atoms with Crippen molar-refractivity contribution in [3.05, 3.63) is 30.3 Å². The predicted octanol–water partition coefficient (Wildman–Crippen LogP) is 1.63. The lowest BCUT2D eigenvalue weighted by Crippen LogP contribution is -2.51. The Kier molecular flexibility index (Phi) is 6.55. The molecule has 1 aromatic carbocycles. The summed E-state index contributed by atoms with van der Waals surface area (Å²) in [7, 11) is -3.49. The normalized spacial score (nSPS) is 18.9. The van der Waals surface area contributed by atoms with Crippen LogP contribution in [0.5, 0.6) is 0 Å². The molecule has 142 valence electrons. The van der Waals surface area contributed by atoms with Crippen LogP contribution in [-0.4, -0.2) is 77.8 Å². The number of benzene rings is 1. The molecule has 0 atom stereocenters. The number of piperazine rings is 1. The molecule has 9 heteroatoms. The Bertz CT molecular complexity index is 741. The third-order valence-corrected chi connectivity index (χ3v) is 8.08. The maximum Gasteiger partial charge on any atom is 0.243 e. The topological polar surface area (TPSA) is 60.9 Å². The zero-order valence-corrected chi connectivity index (χ0v) is 17.0. The van der Waals surface area contributed by atoms with Crippen molar-refractivity contribution < 1.29 is 13.2 Å². The molecule has 0 N–H and O–H groups in total. The summed E-state index contributed by atoms with van der Waals surface area (Å²) < 4.78 is 27.5. The van der Waals surface area contributed by atoms with Crippen LogP contribution >= 0.6 is 24.0 Å². The first-order chi connectivity index (χ1) is 12.5. The van der Waals surface area contributed by atoms with Gasteiger partial charge in [-0.05, 0) is 25.0 Å². The van der Waals surface area contributed by atoms with E-state index in [2.05, 4.69) is 4.90 Å². The summed E-state index contributed by atoms with van der Waals surface area (Å²) in [6.45, 7) is 3.45. The SMILES string of the molecule is O=C(CSC(=S)N1CCCC1)N1CCN(S(=O)(=O)c2ccccc2)CC1. The van der Waals surface area contributed by atoms with Gasteiger partial charge in [-0.15, -0.1) is 0 Å². The van der Waals surface area contributed by atoms with E-state index in [1.54, 1.807) is 35.2 Å². The van der Waals surface area contributed by atoms with Gasteiger partial charge in [0.25, 0.3) is 0 Å². The number of likely N-dealkylation sites (tertiary alicyclic amines) is 1. The highest BCUT2D eigenvalue weighted by Crippen LogP contribution is 2.19. The smallest absolute Gasteiger partial charge is 0.243 e. The number of sulfonamides is 1. The van der Waals surface area contributed by atoms with Crippen molar-refractivity contribution in [2.45, 2.75) is 17.7 Å². The largest absolute Gasteiger partial charge is 0.358 e. The fourth-order valence-electron chi connectivity index (χ4n) is 3.13. The van der Waals surface area contributed by atoms with Crippen molar-refractivity contribution in [2.24, 2.45) is 0 Å². The third kappa shape index (κ3) is 4.57. The average Bonchev–Trinajstić information content (AvgIpc) is 3.21. The summed E-state index contributed by atoms with van der Waals surface area (Å²) in [6, 6.07) is 8.42. The van der Waals surface area contributed by atoms with E-state index in [0.29, 0.717) is 36.8 Å².